The smallest absolute Gasteiger partial charge is 0.0858 e. The number of rotatable bonds is 6. The van der Waals surface area contributed by atoms with Gasteiger partial charge in [-0.3, -0.25) is 0 Å². The van der Waals surface area contributed by atoms with E-state index in [0.717, 1.165) is 39.1 Å². The Morgan fingerprint density at radius 3 is 2.84 bits per heavy atom. The molecule has 0 saturated carbocycles. The average molecular weight is 262 g/mol. The summed E-state index contributed by atoms with van der Waals surface area (Å²) >= 11 is 0. The Morgan fingerprint density at radius 2 is 2.16 bits per heavy atom. The Bertz CT molecular complexity index is 355. The first-order valence-corrected chi connectivity index (χ1v) is 7.37. The third-order valence-electron chi connectivity index (χ3n) is 3.70. The quantitative estimate of drug-likeness (QED) is 0.848. The summed E-state index contributed by atoms with van der Waals surface area (Å²) in [6, 6.07) is 11.1. The fourth-order valence-corrected chi connectivity index (χ4v) is 2.59. The second-order valence-electron chi connectivity index (χ2n) is 5.42. The molecule has 3 heteroatoms. The van der Waals surface area contributed by atoms with E-state index in [1.165, 1.54) is 5.56 Å². The molecular formula is C16H26N2O. The summed E-state index contributed by atoms with van der Waals surface area (Å²) in [4.78, 5) is 2.36. The third-order valence-corrected chi connectivity index (χ3v) is 3.70. The van der Waals surface area contributed by atoms with Crippen molar-refractivity contribution in [2.45, 2.75) is 31.9 Å². The summed E-state index contributed by atoms with van der Waals surface area (Å²) in [5.41, 5.74) is 1.38. The Hall–Kier alpha value is -0.900. The van der Waals surface area contributed by atoms with Crippen LogP contribution in [0.15, 0.2) is 30.3 Å². The zero-order valence-corrected chi connectivity index (χ0v) is 12.1. The van der Waals surface area contributed by atoms with E-state index < -0.39 is 0 Å². The molecule has 1 aliphatic heterocycles. The van der Waals surface area contributed by atoms with Crippen LogP contribution in [0.25, 0.3) is 0 Å². The molecule has 3 nitrogen and oxygen atoms in total. The molecular weight excluding hydrogens is 236 g/mol. The van der Waals surface area contributed by atoms with Crippen LogP contribution in [-0.4, -0.2) is 50.3 Å². The van der Waals surface area contributed by atoms with E-state index in [1.807, 2.05) is 0 Å². The van der Waals surface area contributed by atoms with Gasteiger partial charge in [0.05, 0.1) is 12.7 Å². The molecule has 0 amide bonds. The minimum atomic E-state index is 0.297. The molecule has 1 fully saturated rings. The van der Waals surface area contributed by atoms with Crippen LogP contribution in [0.5, 0.6) is 0 Å². The summed E-state index contributed by atoms with van der Waals surface area (Å²) in [6.07, 6.45) is 2.50. The lowest BCUT2D eigenvalue weighted by Crippen LogP contribution is -2.52. The molecule has 2 unspecified atom stereocenters. The van der Waals surface area contributed by atoms with Crippen molar-refractivity contribution >= 4 is 0 Å². The predicted molar refractivity (Wildman–Crippen MR) is 79.5 cm³/mol. The molecule has 0 radical (unpaired) electrons. The largest absolute Gasteiger partial charge is 0.374 e. The van der Waals surface area contributed by atoms with Crippen molar-refractivity contribution in [2.75, 3.05) is 33.3 Å². The van der Waals surface area contributed by atoms with Crippen LogP contribution >= 0.6 is 0 Å². The fourth-order valence-electron chi connectivity index (χ4n) is 2.59. The first kappa shape index (κ1) is 14.5. The van der Waals surface area contributed by atoms with Gasteiger partial charge in [-0.15, -0.1) is 0 Å². The van der Waals surface area contributed by atoms with Crippen LogP contribution in [0.1, 0.15) is 18.9 Å². The van der Waals surface area contributed by atoms with Gasteiger partial charge in [0.1, 0.15) is 0 Å². The highest BCUT2D eigenvalue weighted by Crippen LogP contribution is 2.13. The molecule has 2 atom stereocenters. The highest BCUT2D eigenvalue weighted by Gasteiger charge is 2.26. The number of hydrogen-bond acceptors (Lipinski definition) is 3. The lowest BCUT2D eigenvalue weighted by Gasteiger charge is -2.35. The van der Waals surface area contributed by atoms with Crippen LogP contribution in [0.4, 0.5) is 0 Å². The molecule has 0 aliphatic carbocycles. The van der Waals surface area contributed by atoms with Gasteiger partial charge < -0.3 is 15.0 Å². The Kier molecular flexibility index (Phi) is 5.83. The van der Waals surface area contributed by atoms with Gasteiger partial charge in [0.2, 0.25) is 0 Å². The zero-order chi connectivity index (χ0) is 13.5. The minimum Gasteiger partial charge on any atom is -0.374 e. The maximum absolute atomic E-state index is 5.98. The van der Waals surface area contributed by atoms with E-state index in [4.69, 9.17) is 4.74 Å². The molecule has 106 valence electrons. The number of ether oxygens (including phenoxy) is 1. The molecule has 0 aromatic heterocycles. The van der Waals surface area contributed by atoms with Gasteiger partial charge in [-0.1, -0.05) is 37.3 Å². The van der Waals surface area contributed by atoms with Crippen molar-refractivity contribution < 1.29 is 4.74 Å². The number of hydrogen-bond donors (Lipinski definition) is 1. The van der Waals surface area contributed by atoms with E-state index in [2.05, 4.69) is 54.5 Å². The summed E-state index contributed by atoms with van der Waals surface area (Å²) in [7, 11) is 2.18. The van der Waals surface area contributed by atoms with Crippen LogP contribution in [0, 0.1) is 0 Å². The van der Waals surface area contributed by atoms with E-state index in [9.17, 15) is 0 Å². The van der Waals surface area contributed by atoms with E-state index in [-0.39, 0.29) is 0 Å². The summed E-state index contributed by atoms with van der Waals surface area (Å²) in [5, 5.41) is 3.66. The molecule has 1 aromatic rings. The van der Waals surface area contributed by atoms with E-state index in [0.29, 0.717) is 12.1 Å². The fraction of sp³-hybridized carbons (Fsp3) is 0.625. The number of benzene rings is 1. The lowest BCUT2D eigenvalue weighted by molar-refractivity contribution is -0.0383. The number of nitrogens with one attached hydrogen (secondary N) is 1. The second kappa shape index (κ2) is 7.63. The van der Waals surface area contributed by atoms with Gasteiger partial charge in [0.25, 0.3) is 0 Å². The van der Waals surface area contributed by atoms with Crippen LogP contribution in [0.3, 0.4) is 0 Å². The molecule has 19 heavy (non-hydrogen) atoms. The Morgan fingerprint density at radius 1 is 1.37 bits per heavy atom. The van der Waals surface area contributed by atoms with E-state index >= 15 is 0 Å². The van der Waals surface area contributed by atoms with Gasteiger partial charge in [0, 0.05) is 19.1 Å². The monoisotopic (exact) mass is 262 g/mol. The van der Waals surface area contributed by atoms with Crippen molar-refractivity contribution in [1.29, 1.82) is 0 Å². The number of nitrogens with zero attached hydrogens (tertiary/aromatic N) is 1. The Labute approximate surface area is 116 Å². The lowest BCUT2D eigenvalue weighted by atomic mass is 10.00. The third kappa shape index (κ3) is 4.60. The number of morpholine rings is 1. The van der Waals surface area contributed by atoms with Gasteiger partial charge in [-0.25, -0.2) is 0 Å². The van der Waals surface area contributed by atoms with Gasteiger partial charge >= 0.3 is 0 Å². The van der Waals surface area contributed by atoms with Gasteiger partial charge in [0.15, 0.2) is 0 Å². The van der Waals surface area contributed by atoms with Crippen molar-refractivity contribution in [3.05, 3.63) is 35.9 Å². The van der Waals surface area contributed by atoms with Gasteiger partial charge in [-0.05, 0) is 32.0 Å². The molecule has 1 aliphatic rings. The maximum Gasteiger partial charge on any atom is 0.0858 e. The molecule has 0 spiro atoms. The van der Waals surface area contributed by atoms with E-state index in [1.54, 1.807) is 0 Å². The Balaban J connectivity index is 1.98. The highest BCUT2D eigenvalue weighted by atomic mass is 16.5. The van der Waals surface area contributed by atoms with Crippen molar-refractivity contribution in [2.24, 2.45) is 0 Å². The highest BCUT2D eigenvalue weighted by molar-refractivity contribution is 5.16. The zero-order valence-electron chi connectivity index (χ0n) is 12.1. The standard InChI is InChI=1S/C16H26N2O/c1-3-9-17-15(12-14-7-5-4-6-8-14)16-13-18(2)10-11-19-16/h4-8,15-17H,3,9-13H2,1-2H3. The first-order chi connectivity index (χ1) is 9.29. The molecule has 0 bridgehead atoms. The van der Waals surface area contributed by atoms with Crippen LogP contribution < -0.4 is 5.32 Å². The predicted octanol–water partition coefficient (Wildman–Crippen LogP) is 1.93. The molecule has 1 heterocycles. The first-order valence-electron chi connectivity index (χ1n) is 7.37. The van der Waals surface area contributed by atoms with Crippen molar-refractivity contribution in [1.82, 2.24) is 10.2 Å². The SMILES string of the molecule is CCCNC(Cc1ccccc1)C1CN(C)CCO1. The molecule has 2 rings (SSSR count). The minimum absolute atomic E-state index is 0.297. The van der Waals surface area contributed by atoms with Crippen LogP contribution in [-0.2, 0) is 11.2 Å². The van der Waals surface area contributed by atoms with Crippen LogP contribution in [0.2, 0.25) is 0 Å². The van der Waals surface area contributed by atoms with Crippen molar-refractivity contribution in [3.63, 3.8) is 0 Å². The summed E-state index contributed by atoms with van der Waals surface area (Å²) in [5.74, 6) is 0. The maximum atomic E-state index is 5.98. The number of likely N-dealkylation sites (N-methyl/N-ethyl adjacent to an activating group) is 1. The average Bonchev–Trinajstić information content (AvgIpc) is 2.44. The topological polar surface area (TPSA) is 24.5 Å². The molecule has 1 aromatic carbocycles. The van der Waals surface area contributed by atoms with Crippen molar-refractivity contribution in [3.8, 4) is 0 Å². The molecule has 1 saturated heterocycles. The summed E-state index contributed by atoms with van der Waals surface area (Å²) in [6.45, 7) is 6.18. The molecule has 1 N–H and O–H groups in total. The summed E-state index contributed by atoms with van der Waals surface area (Å²) < 4.78 is 5.98. The van der Waals surface area contributed by atoms with Gasteiger partial charge in [-0.2, -0.15) is 0 Å². The normalized spacial score (nSPS) is 22.3. The second-order valence-corrected chi connectivity index (χ2v) is 5.42.